The van der Waals surface area contributed by atoms with Crippen molar-refractivity contribution in [2.75, 3.05) is 53.3 Å². The molecule has 8 rings (SSSR count). The second-order valence-electron chi connectivity index (χ2n) is 12.9. The number of thiophene rings is 1. The molecule has 2 saturated heterocycles. The molecule has 14 heteroatoms. The highest BCUT2D eigenvalue weighted by Crippen LogP contribution is 2.44. The van der Waals surface area contributed by atoms with Crippen molar-refractivity contribution in [3.63, 3.8) is 0 Å². The summed E-state index contributed by atoms with van der Waals surface area (Å²) in [6.07, 6.45) is 5.65. The Balaban J connectivity index is 0.990. The van der Waals surface area contributed by atoms with Crippen LogP contribution in [0.15, 0.2) is 67.1 Å². The number of ether oxygens (including phenoxy) is 1. The standard InChI is InChI=1S/C36H32FN7O4S2/c1-21-14-27(31(38-17-21)43-18-36(19-43)9-12-48-13-10-36)32(45)41-25-5-2-22(3-6-25)34(47)44-11-8-23-15-29(33(46)42-35-39-20-40-50-35)49-30(23)26-7-4-24(37)16-28(26)44/h2-7,14-17,20H,8-13,18-19H2,1H3,(H,41,45)(H,39,40,42,46). The number of hydrogen-bond acceptors (Lipinski definition) is 10. The fourth-order valence-corrected chi connectivity index (χ4v) is 8.46. The number of carbonyl (C=O) groups is 3. The molecule has 0 saturated carbocycles. The van der Waals surface area contributed by atoms with Gasteiger partial charge in [-0.25, -0.2) is 14.4 Å². The van der Waals surface area contributed by atoms with Gasteiger partial charge in [0.05, 0.1) is 16.1 Å². The molecule has 11 nitrogen and oxygen atoms in total. The predicted molar refractivity (Wildman–Crippen MR) is 191 cm³/mol. The minimum Gasteiger partial charge on any atom is -0.381 e. The molecule has 6 heterocycles. The van der Waals surface area contributed by atoms with Crippen molar-refractivity contribution >= 4 is 62.9 Å². The average Bonchev–Trinajstić information content (AvgIpc) is 3.76. The maximum Gasteiger partial charge on any atom is 0.267 e. The van der Waals surface area contributed by atoms with Crippen molar-refractivity contribution in [2.24, 2.45) is 5.41 Å². The number of amides is 3. The van der Waals surface area contributed by atoms with Crippen molar-refractivity contribution in [1.82, 2.24) is 14.3 Å². The summed E-state index contributed by atoms with van der Waals surface area (Å²) in [5.74, 6) is -0.684. The number of fused-ring (bicyclic) bond motifs is 3. The first-order valence-electron chi connectivity index (χ1n) is 16.3. The maximum atomic E-state index is 14.7. The Hall–Kier alpha value is -5.05. The molecule has 0 unspecified atom stereocenters. The minimum atomic E-state index is -0.472. The maximum absolute atomic E-state index is 14.7. The van der Waals surface area contributed by atoms with Crippen molar-refractivity contribution in [3.05, 3.63) is 100 Å². The number of nitrogens with one attached hydrogen (secondary N) is 2. The summed E-state index contributed by atoms with van der Waals surface area (Å²) in [5, 5.41) is 6.13. The van der Waals surface area contributed by atoms with E-state index in [9.17, 15) is 18.8 Å². The first kappa shape index (κ1) is 32.2. The van der Waals surface area contributed by atoms with Crippen LogP contribution in [0.3, 0.4) is 0 Å². The van der Waals surface area contributed by atoms with E-state index < -0.39 is 5.82 Å². The summed E-state index contributed by atoms with van der Waals surface area (Å²) in [6, 6.07) is 14.7. The number of aromatic nitrogens is 3. The Kier molecular flexibility index (Phi) is 8.37. The molecule has 3 amide bonds. The number of pyridine rings is 1. The van der Waals surface area contributed by atoms with Crippen molar-refractivity contribution in [1.29, 1.82) is 0 Å². The van der Waals surface area contributed by atoms with Crippen LogP contribution in [-0.2, 0) is 11.2 Å². The molecule has 3 aliphatic rings. The first-order valence-corrected chi connectivity index (χ1v) is 17.9. The predicted octanol–water partition coefficient (Wildman–Crippen LogP) is 6.43. The highest BCUT2D eigenvalue weighted by atomic mass is 32.1. The molecule has 3 aliphatic heterocycles. The molecule has 5 aromatic rings. The van der Waals surface area contributed by atoms with Crippen LogP contribution in [0, 0.1) is 18.2 Å². The quantitative estimate of drug-likeness (QED) is 0.206. The van der Waals surface area contributed by atoms with Crippen LogP contribution in [-0.4, -0.2) is 64.9 Å². The smallest absolute Gasteiger partial charge is 0.267 e. The highest BCUT2D eigenvalue weighted by Gasteiger charge is 2.45. The number of rotatable bonds is 6. The van der Waals surface area contributed by atoms with E-state index in [1.165, 1.54) is 29.8 Å². The molecule has 50 heavy (non-hydrogen) atoms. The van der Waals surface area contributed by atoms with Gasteiger partial charge in [0.2, 0.25) is 5.13 Å². The molecule has 2 aromatic carbocycles. The lowest BCUT2D eigenvalue weighted by atomic mass is 9.73. The van der Waals surface area contributed by atoms with E-state index in [-0.39, 0.29) is 29.7 Å². The van der Waals surface area contributed by atoms with E-state index in [4.69, 9.17) is 4.74 Å². The third-order valence-electron chi connectivity index (χ3n) is 9.50. The van der Waals surface area contributed by atoms with Crippen molar-refractivity contribution < 1.29 is 23.5 Å². The number of hydrogen-bond donors (Lipinski definition) is 2. The minimum absolute atomic E-state index is 0.228. The van der Waals surface area contributed by atoms with E-state index >= 15 is 0 Å². The molecule has 0 radical (unpaired) electrons. The first-order chi connectivity index (χ1) is 24.2. The zero-order valence-corrected chi connectivity index (χ0v) is 28.7. The number of aryl methyl sites for hydroxylation is 1. The molecule has 3 aromatic heterocycles. The van der Waals surface area contributed by atoms with Crippen LogP contribution in [0.4, 0.5) is 26.7 Å². The molecule has 2 N–H and O–H groups in total. The summed E-state index contributed by atoms with van der Waals surface area (Å²) in [6.45, 7) is 5.43. The van der Waals surface area contributed by atoms with Gasteiger partial charge in [-0.05, 0) is 91.9 Å². The Bertz CT molecular complexity index is 2110. The number of halogens is 1. The topological polar surface area (TPSA) is 130 Å². The van der Waals surface area contributed by atoms with Gasteiger partial charge < -0.3 is 19.9 Å². The summed E-state index contributed by atoms with van der Waals surface area (Å²) < 4.78 is 24.1. The summed E-state index contributed by atoms with van der Waals surface area (Å²) in [4.78, 5) is 54.1. The van der Waals surface area contributed by atoms with E-state index in [0.717, 1.165) is 66.7 Å². The third kappa shape index (κ3) is 6.14. The van der Waals surface area contributed by atoms with E-state index in [1.54, 1.807) is 41.4 Å². The summed E-state index contributed by atoms with van der Waals surface area (Å²) in [7, 11) is 0. The lowest BCUT2D eigenvalue weighted by Crippen LogP contribution is -2.59. The van der Waals surface area contributed by atoms with Crippen LogP contribution >= 0.6 is 22.9 Å². The van der Waals surface area contributed by atoms with Crippen LogP contribution in [0.2, 0.25) is 0 Å². The van der Waals surface area contributed by atoms with E-state index in [0.29, 0.717) is 50.3 Å². The number of carbonyl (C=O) groups excluding carboxylic acids is 3. The van der Waals surface area contributed by atoms with Crippen LogP contribution in [0.5, 0.6) is 0 Å². The summed E-state index contributed by atoms with van der Waals surface area (Å²) in [5.41, 5.74) is 4.53. The summed E-state index contributed by atoms with van der Waals surface area (Å²) >= 11 is 2.37. The molecule has 2 fully saturated rings. The highest BCUT2D eigenvalue weighted by molar-refractivity contribution is 7.18. The lowest BCUT2D eigenvalue weighted by molar-refractivity contribution is -0.000511. The second-order valence-corrected chi connectivity index (χ2v) is 14.7. The Morgan fingerprint density at radius 2 is 1.76 bits per heavy atom. The lowest BCUT2D eigenvalue weighted by Gasteiger charge is -2.53. The average molecular weight is 710 g/mol. The van der Waals surface area contributed by atoms with Crippen molar-refractivity contribution in [3.8, 4) is 10.4 Å². The Labute approximate surface area is 295 Å². The third-order valence-corrected chi connectivity index (χ3v) is 11.3. The number of nitrogens with zero attached hydrogens (tertiary/aromatic N) is 5. The largest absolute Gasteiger partial charge is 0.381 e. The van der Waals surface area contributed by atoms with Gasteiger partial charge in [0.25, 0.3) is 17.7 Å². The normalized spacial score (nSPS) is 16.2. The molecular weight excluding hydrogens is 678 g/mol. The fraction of sp³-hybridized carbons (Fsp3) is 0.278. The van der Waals surface area contributed by atoms with Gasteiger partial charge >= 0.3 is 0 Å². The van der Waals surface area contributed by atoms with Gasteiger partial charge in [-0.2, -0.15) is 4.37 Å². The molecule has 0 aliphatic carbocycles. The van der Waals surface area contributed by atoms with E-state index in [1.807, 2.05) is 19.1 Å². The number of benzene rings is 2. The van der Waals surface area contributed by atoms with Crippen molar-refractivity contribution in [2.45, 2.75) is 26.2 Å². The van der Waals surface area contributed by atoms with Crippen LogP contribution in [0.1, 0.15) is 54.4 Å². The zero-order valence-electron chi connectivity index (χ0n) is 27.1. The van der Waals surface area contributed by atoms with Crippen LogP contribution in [0.25, 0.3) is 10.4 Å². The second kappa shape index (κ2) is 13.0. The fourth-order valence-electron chi connectivity index (χ4n) is 6.89. The molecule has 1 spiro atoms. The molecule has 0 bridgehead atoms. The Morgan fingerprint density at radius 3 is 2.52 bits per heavy atom. The van der Waals surface area contributed by atoms with Gasteiger partial charge in [0.15, 0.2) is 0 Å². The Morgan fingerprint density at radius 1 is 0.960 bits per heavy atom. The number of anilines is 4. The SMILES string of the molecule is Cc1cnc(N2CC3(CCOCC3)C2)c(C(=O)Nc2ccc(C(=O)N3CCc4cc(C(=O)Nc5ncns5)sc4-c4ccc(F)cc43)cc2)c1. The molecular formula is C36H32FN7O4S2. The molecule has 254 valence electrons. The molecule has 0 atom stereocenters. The zero-order chi connectivity index (χ0) is 34.4. The monoisotopic (exact) mass is 709 g/mol. The van der Waals surface area contributed by atoms with Gasteiger partial charge in [0, 0.05) is 77.7 Å². The van der Waals surface area contributed by atoms with Crippen LogP contribution < -0.4 is 20.4 Å². The van der Waals surface area contributed by atoms with E-state index in [2.05, 4.69) is 29.9 Å². The van der Waals surface area contributed by atoms with Gasteiger partial charge in [-0.3, -0.25) is 19.7 Å². The van der Waals surface area contributed by atoms with Gasteiger partial charge in [-0.15, -0.1) is 11.3 Å². The van der Waals surface area contributed by atoms with Gasteiger partial charge in [0.1, 0.15) is 18.0 Å². The van der Waals surface area contributed by atoms with Gasteiger partial charge in [-0.1, -0.05) is 0 Å².